The van der Waals surface area contributed by atoms with Gasteiger partial charge in [-0.2, -0.15) is 0 Å². The van der Waals surface area contributed by atoms with Crippen LogP contribution in [0.25, 0.3) is 11.0 Å². The highest BCUT2D eigenvalue weighted by Crippen LogP contribution is 2.36. The summed E-state index contributed by atoms with van der Waals surface area (Å²) >= 11 is 0. The van der Waals surface area contributed by atoms with Gasteiger partial charge in [-0.3, -0.25) is 10.1 Å². The van der Waals surface area contributed by atoms with E-state index in [0.717, 1.165) is 6.54 Å². The Morgan fingerprint density at radius 3 is 2.59 bits per heavy atom. The highest BCUT2D eigenvalue weighted by atomic mass is 16.6. The third kappa shape index (κ3) is 3.40. The molecule has 3 N–H and O–H groups in total. The van der Waals surface area contributed by atoms with E-state index in [-0.39, 0.29) is 30.0 Å². The second-order valence-electron chi connectivity index (χ2n) is 4.92. The number of benzene rings is 1. The Labute approximate surface area is 126 Å². The Hall–Kier alpha value is -2.46. The summed E-state index contributed by atoms with van der Waals surface area (Å²) in [5.41, 5.74) is 1.00. The number of aromatic nitrogens is 2. The lowest BCUT2D eigenvalue weighted by atomic mass is 10.2. The number of hydrogen-bond acceptors (Lipinski definition) is 9. The van der Waals surface area contributed by atoms with Crippen LogP contribution in [0.4, 0.5) is 17.1 Å². The average molecular weight is 310 g/mol. The first-order chi connectivity index (χ1) is 10.5. The molecule has 0 unspecified atom stereocenters. The van der Waals surface area contributed by atoms with Gasteiger partial charge in [0, 0.05) is 19.6 Å². The van der Waals surface area contributed by atoms with Crippen molar-refractivity contribution < 1.29 is 14.7 Å². The molecule has 1 aromatic heterocycles. The van der Waals surface area contributed by atoms with Gasteiger partial charge in [0.1, 0.15) is 5.69 Å². The zero-order chi connectivity index (χ0) is 16.1. The zero-order valence-corrected chi connectivity index (χ0v) is 12.4. The summed E-state index contributed by atoms with van der Waals surface area (Å²) in [5.74, 6) is 0. The molecule has 22 heavy (non-hydrogen) atoms. The van der Waals surface area contributed by atoms with Crippen molar-refractivity contribution in [2.45, 2.75) is 0 Å². The first-order valence-corrected chi connectivity index (χ1v) is 6.71. The standard InChI is InChI=1S/C12H18N6O4/c1-17(2)5-3-13-8-7-9(14-4-6-19)12(18(20)21)11-10(8)15-22-16-11/h7,13-14,19H,3-6H2,1-2H3. The topological polar surface area (TPSA) is 130 Å². The lowest BCUT2D eigenvalue weighted by Crippen LogP contribution is -2.21. The van der Waals surface area contributed by atoms with Crippen molar-refractivity contribution in [3.05, 3.63) is 16.2 Å². The fourth-order valence-corrected chi connectivity index (χ4v) is 1.99. The first kappa shape index (κ1) is 15.9. The number of hydrogen-bond donors (Lipinski definition) is 3. The molecule has 0 bridgehead atoms. The number of nitro groups is 1. The Morgan fingerprint density at radius 2 is 1.95 bits per heavy atom. The van der Waals surface area contributed by atoms with Crippen molar-refractivity contribution in [1.82, 2.24) is 15.2 Å². The minimum Gasteiger partial charge on any atom is -0.395 e. The van der Waals surface area contributed by atoms with Gasteiger partial charge in [-0.1, -0.05) is 0 Å². The fraction of sp³-hybridized carbons (Fsp3) is 0.500. The van der Waals surface area contributed by atoms with Crippen molar-refractivity contribution in [2.75, 3.05) is 51.0 Å². The minimum absolute atomic E-state index is 0.0697. The summed E-state index contributed by atoms with van der Waals surface area (Å²) in [6.07, 6.45) is 0. The molecule has 1 aromatic carbocycles. The van der Waals surface area contributed by atoms with E-state index in [4.69, 9.17) is 5.11 Å². The Bertz CT molecular complexity index is 656. The van der Waals surface area contributed by atoms with Crippen LogP contribution < -0.4 is 10.6 Å². The second kappa shape index (κ2) is 7.00. The Balaban J connectivity index is 2.41. The molecule has 10 nitrogen and oxygen atoms in total. The smallest absolute Gasteiger partial charge is 0.323 e. The molecule has 0 radical (unpaired) electrons. The number of nitrogens with one attached hydrogen (secondary N) is 2. The first-order valence-electron chi connectivity index (χ1n) is 6.71. The molecule has 0 aliphatic carbocycles. The number of anilines is 2. The van der Waals surface area contributed by atoms with Gasteiger partial charge in [0.05, 0.1) is 17.2 Å². The number of fused-ring (bicyclic) bond motifs is 1. The lowest BCUT2D eigenvalue weighted by molar-refractivity contribution is -0.382. The molecule has 0 aliphatic heterocycles. The lowest BCUT2D eigenvalue weighted by Gasteiger charge is -2.13. The van der Waals surface area contributed by atoms with Gasteiger partial charge < -0.3 is 20.6 Å². The quantitative estimate of drug-likeness (QED) is 0.471. The average Bonchev–Trinajstić information content (AvgIpc) is 2.93. The predicted octanol–water partition coefficient (Wildman–Crippen LogP) is 0.509. The molecule has 0 aliphatic rings. The second-order valence-corrected chi connectivity index (χ2v) is 4.92. The summed E-state index contributed by atoms with van der Waals surface area (Å²) in [7, 11) is 3.89. The van der Waals surface area contributed by atoms with Crippen LogP contribution in [0.2, 0.25) is 0 Å². The zero-order valence-electron chi connectivity index (χ0n) is 12.4. The third-order valence-corrected chi connectivity index (χ3v) is 3.00. The molecular formula is C12H18N6O4. The van der Waals surface area contributed by atoms with Crippen molar-refractivity contribution in [1.29, 1.82) is 0 Å². The number of aliphatic hydroxyl groups is 1. The highest BCUT2D eigenvalue weighted by molar-refractivity contribution is 5.99. The summed E-state index contributed by atoms with van der Waals surface area (Å²) in [4.78, 5) is 12.7. The van der Waals surface area contributed by atoms with Gasteiger partial charge in [0.25, 0.3) is 0 Å². The van der Waals surface area contributed by atoms with E-state index in [1.807, 2.05) is 19.0 Å². The van der Waals surface area contributed by atoms with Crippen molar-refractivity contribution in [3.8, 4) is 0 Å². The predicted molar refractivity (Wildman–Crippen MR) is 81.1 cm³/mol. The Morgan fingerprint density at radius 1 is 1.27 bits per heavy atom. The van der Waals surface area contributed by atoms with E-state index in [1.54, 1.807) is 6.07 Å². The maximum atomic E-state index is 11.3. The van der Waals surface area contributed by atoms with Crippen LogP contribution in [-0.2, 0) is 0 Å². The van der Waals surface area contributed by atoms with Crippen LogP contribution in [0.1, 0.15) is 0 Å². The van der Waals surface area contributed by atoms with Crippen LogP contribution >= 0.6 is 0 Å². The van der Waals surface area contributed by atoms with Crippen molar-refractivity contribution in [3.63, 3.8) is 0 Å². The molecule has 1 heterocycles. The number of nitrogens with zero attached hydrogens (tertiary/aromatic N) is 4. The van der Waals surface area contributed by atoms with Crippen LogP contribution in [0.3, 0.4) is 0 Å². The molecule has 120 valence electrons. The molecule has 2 aromatic rings. The summed E-state index contributed by atoms with van der Waals surface area (Å²) in [5, 5.41) is 33.5. The molecule has 0 saturated carbocycles. The molecule has 0 atom stereocenters. The van der Waals surface area contributed by atoms with E-state index in [2.05, 4.69) is 25.6 Å². The van der Waals surface area contributed by atoms with E-state index in [1.165, 1.54) is 0 Å². The monoisotopic (exact) mass is 310 g/mol. The molecule has 0 amide bonds. The molecule has 2 rings (SSSR count). The van der Waals surface area contributed by atoms with Gasteiger partial charge in [0.2, 0.25) is 5.52 Å². The maximum Gasteiger partial charge on any atom is 0.323 e. The van der Waals surface area contributed by atoms with E-state index < -0.39 is 4.92 Å². The summed E-state index contributed by atoms with van der Waals surface area (Å²) in [6.45, 7) is 1.46. The molecule has 0 spiro atoms. The van der Waals surface area contributed by atoms with Crippen LogP contribution in [0, 0.1) is 10.1 Å². The molecular weight excluding hydrogens is 292 g/mol. The van der Waals surface area contributed by atoms with E-state index >= 15 is 0 Å². The van der Waals surface area contributed by atoms with Crippen LogP contribution in [-0.4, -0.2) is 65.6 Å². The van der Waals surface area contributed by atoms with Crippen LogP contribution in [0.15, 0.2) is 10.7 Å². The normalized spacial score (nSPS) is 11.1. The van der Waals surface area contributed by atoms with E-state index in [0.29, 0.717) is 17.7 Å². The van der Waals surface area contributed by atoms with Gasteiger partial charge >= 0.3 is 5.69 Å². The van der Waals surface area contributed by atoms with Gasteiger partial charge in [-0.05, 0) is 30.5 Å². The SMILES string of the molecule is CN(C)CCNc1cc(NCCO)c([N+](=O)[O-])c2nonc12. The van der Waals surface area contributed by atoms with Crippen molar-refractivity contribution in [2.24, 2.45) is 0 Å². The number of nitro benzene ring substituents is 1. The van der Waals surface area contributed by atoms with E-state index in [9.17, 15) is 10.1 Å². The fourth-order valence-electron chi connectivity index (χ4n) is 1.99. The highest BCUT2D eigenvalue weighted by Gasteiger charge is 2.25. The number of likely N-dealkylation sites (N-methyl/N-ethyl adjacent to an activating group) is 1. The molecule has 0 saturated heterocycles. The maximum absolute atomic E-state index is 11.3. The van der Waals surface area contributed by atoms with Gasteiger partial charge in [-0.25, -0.2) is 4.63 Å². The molecule has 10 heteroatoms. The van der Waals surface area contributed by atoms with Crippen molar-refractivity contribution >= 4 is 28.1 Å². The minimum atomic E-state index is -0.546. The number of aliphatic hydroxyl groups excluding tert-OH is 1. The molecule has 0 fully saturated rings. The number of rotatable bonds is 8. The van der Waals surface area contributed by atoms with Crippen LogP contribution in [0.5, 0.6) is 0 Å². The van der Waals surface area contributed by atoms with Gasteiger partial charge in [-0.15, -0.1) is 0 Å². The third-order valence-electron chi connectivity index (χ3n) is 3.00. The van der Waals surface area contributed by atoms with Gasteiger partial charge in [0.15, 0.2) is 5.52 Å². The largest absolute Gasteiger partial charge is 0.395 e. The summed E-state index contributed by atoms with van der Waals surface area (Å²) < 4.78 is 4.65. The summed E-state index contributed by atoms with van der Waals surface area (Å²) in [6, 6.07) is 1.58. The Kier molecular flexibility index (Phi) is 5.07.